The second-order valence-electron chi connectivity index (χ2n) is 3.12. The minimum absolute atomic E-state index is 0.0462. The van der Waals surface area contributed by atoms with Crippen LogP contribution >= 0.6 is 0 Å². The Balaban J connectivity index is 0.00000137. The first-order chi connectivity index (χ1) is 8.03. The third kappa shape index (κ3) is 3.89. The average molecular weight is 276 g/mol. The Morgan fingerprint density at radius 3 is 1.28 bits per heavy atom. The monoisotopic (exact) mass is 276 g/mol. The van der Waals surface area contributed by atoms with Crippen molar-refractivity contribution in [2.45, 2.75) is 33.1 Å². The standard InChI is InChI=1S/C9H5F7.C2H6/c1-4-6(8(11,12)13)2-5(10)3-7(4)9(14,15)16;1-2/h2-3H,1H3;1-2H3. The molecule has 0 spiro atoms. The highest BCUT2D eigenvalue weighted by atomic mass is 19.4. The molecule has 0 atom stereocenters. The highest BCUT2D eigenvalue weighted by Crippen LogP contribution is 2.39. The van der Waals surface area contributed by atoms with Crippen molar-refractivity contribution < 1.29 is 30.7 Å². The van der Waals surface area contributed by atoms with Gasteiger partial charge in [0, 0.05) is 0 Å². The van der Waals surface area contributed by atoms with E-state index in [2.05, 4.69) is 0 Å². The van der Waals surface area contributed by atoms with Crippen molar-refractivity contribution in [1.82, 2.24) is 0 Å². The normalized spacial score (nSPS) is 11.9. The van der Waals surface area contributed by atoms with E-state index in [4.69, 9.17) is 0 Å². The molecule has 0 aliphatic carbocycles. The molecular weight excluding hydrogens is 265 g/mol. The van der Waals surface area contributed by atoms with Crippen LogP contribution in [0.1, 0.15) is 30.5 Å². The third-order valence-corrected chi connectivity index (χ3v) is 1.98. The summed E-state index contributed by atoms with van der Waals surface area (Å²) in [5.41, 5.74) is -4.25. The van der Waals surface area contributed by atoms with E-state index in [0.717, 1.165) is 0 Å². The van der Waals surface area contributed by atoms with Crippen LogP contribution in [0.2, 0.25) is 0 Å². The zero-order valence-electron chi connectivity index (χ0n) is 9.80. The summed E-state index contributed by atoms with van der Waals surface area (Å²) < 4.78 is 86.2. The van der Waals surface area contributed by atoms with Crippen LogP contribution in [0.15, 0.2) is 12.1 Å². The fourth-order valence-electron chi connectivity index (χ4n) is 1.27. The molecule has 0 aromatic heterocycles. The van der Waals surface area contributed by atoms with E-state index < -0.39 is 34.9 Å². The topological polar surface area (TPSA) is 0 Å². The van der Waals surface area contributed by atoms with E-state index in [0.29, 0.717) is 6.92 Å². The van der Waals surface area contributed by atoms with Crippen molar-refractivity contribution in [2.75, 3.05) is 0 Å². The summed E-state index contributed by atoms with van der Waals surface area (Å²) in [4.78, 5) is 0. The van der Waals surface area contributed by atoms with Gasteiger partial charge in [0.25, 0.3) is 0 Å². The molecule has 0 aliphatic heterocycles. The van der Waals surface area contributed by atoms with Crippen molar-refractivity contribution in [1.29, 1.82) is 0 Å². The molecule has 18 heavy (non-hydrogen) atoms. The molecule has 0 fully saturated rings. The zero-order chi connectivity index (χ0) is 14.7. The number of hydrogen-bond donors (Lipinski definition) is 0. The minimum atomic E-state index is -5.01. The van der Waals surface area contributed by atoms with Gasteiger partial charge < -0.3 is 0 Å². The summed E-state index contributed by atoms with van der Waals surface area (Å²) in [6.07, 6.45) is -10.0. The van der Waals surface area contributed by atoms with Gasteiger partial charge in [0.15, 0.2) is 0 Å². The van der Waals surface area contributed by atoms with Crippen LogP contribution in [0.25, 0.3) is 0 Å². The first-order valence-electron chi connectivity index (χ1n) is 4.98. The van der Waals surface area contributed by atoms with Crippen molar-refractivity contribution in [3.8, 4) is 0 Å². The lowest BCUT2D eigenvalue weighted by atomic mass is 10.0. The fourth-order valence-corrected chi connectivity index (χ4v) is 1.27. The molecule has 0 bridgehead atoms. The van der Waals surface area contributed by atoms with E-state index in [9.17, 15) is 30.7 Å². The van der Waals surface area contributed by atoms with Gasteiger partial charge in [0.2, 0.25) is 0 Å². The Bertz CT molecular complexity index is 366. The van der Waals surface area contributed by atoms with E-state index in [-0.39, 0.29) is 12.1 Å². The molecule has 7 heteroatoms. The average Bonchev–Trinajstić information content (AvgIpc) is 2.21. The first-order valence-corrected chi connectivity index (χ1v) is 4.98. The summed E-state index contributed by atoms with van der Waals surface area (Å²) in [5.74, 6) is -1.56. The molecule has 1 aromatic rings. The van der Waals surface area contributed by atoms with Gasteiger partial charge in [-0.05, 0) is 24.6 Å². The molecule has 1 rings (SSSR count). The summed E-state index contributed by atoms with van der Waals surface area (Å²) in [7, 11) is 0. The van der Waals surface area contributed by atoms with Gasteiger partial charge in [-0.3, -0.25) is 0 Å². The Morgan fingerprint density at radius 2 is 1.06 bits per heavy atom. The largest absolute Gasteiger partial charge is 0.416 e. The number of benzene rings is 1. The van der Waals surface area contributed by atoms with Gasteiger partial charge >= 0.3 is 12.4 Å². The fraction of sp³-hybridized carbons (Fsp3) is 0.455. The Kier molecular flexibility index (Phi) is 5.19. The van der Waals surface area contributed by atoms with Crippen molar-refractivity contribution in [3.63, 3.8) is 0 Å². The van der Waals surface area contributed by atoms with Gasteiger partial charge in [-0.15, -0.1) is 0 Å². The van der Waals surface area contributed by atoms with Crippen molar-refractivity contribution >= 4 is 0 Å². The molecule has 0 nitrogen and oxygen atoms in total. The van der Waals surface area contributed by atoms with E-state index >= 15 is 0 Å². The van der Waals surface area contributed by atoms with E-state index in [1.807, 2.05) is 13.8 Å². The quantitative estimate of drug-likeness (QED) is 0.571. The highest BCUT2D eigenvalue weighted by molar-refractivity contribution is 5.38. The SMILES string of the molecule is CC.Cc1c(C(F)(F)F)cc(F)cc1C(F)(F)F. The molecule has 1 aromatic carbocycles. The molecule has 0 N–H and O–H groups in total. The van der Waals surface area contributed by atoms with Gasteiger partial charge in [0.1, 0.15) is 5.82 Å². The van der Waals surface area contributed by atoms with Crippen LogP contribution in [0.4, 0.5) is 30.7 Å². The van der Waals surface area contributed by atoms with Crippen LogP contribution in [-0.4, -0.2) is 0 Å². The van der Waals surface area contributed by atoms with E-state index in [1.54, 1.807) is 0 Å². The molecule has 0 radical (unpaired) electrons. The maximum absolute atomic E-state index is 12.7. The molecule has 0 heterocycles. The number of alkyl halides is 6. The van der Waals surface area contributed by atoms with Crippen LogP contribution in [0.3, 0.4) is 0 Å². The molecule has 104 valence electrons. The van der Waals surface area contributed by atoms with Crippen LogP contribution < -0.4 is 0 Å². The number of halogens is 7. The van der Waals surface area contributed by atoms with Gasteiger partial charge in [0.05, 0.1) is 11.1 Å². The zero-order valence-corrected chi connectivity index (χ0v) is 9.80. The molecular formula is C11H11F7. The van der Waals surface area contributed by atoms with Gasteiger partial charge in [-0.1, -0.05) is 13.8 Å². The second-order valence-corrected chi connectivity index (χ2v) is 3.12. The summed E-state index contributed by atoms with van der Waals surface area (Å²) in [5, 5.41) is 0. The van der Waals surface area contributed by atoms with Crippen LogP contribution in [0, 0.1) is 12.7 Å². The molecule has 0 aliphatic rings. The van der Waals surface area contributed by atoms with E-state index in [1.165, 1.54) is 0 Å². The molecule has 0 amide bonds. The lowest BCUT2D eigenvalue weighted by molar-refractivity contribution is -0.144. The smallest absolute Gasteiger partial charge is 0.207 e. The summed E-state index contributed by atoms with van der Waals surface area (Å²) >= 11 is 0. The molecule has 0 saturated carbocycles. The van der Waals surface area contributed by atoms with Gasteiger partial charge in [-0.2, -0.15) is 26.3 Å². The highest BCUT2D eigenvalue weighted by Gasteiger charge is 2.39. The number of hydrogen-bond acceptors (Lipinski definition) is 0. The lowest BCUT2D eigenvalue weighted by Gasteiger charge is -2.16. The lowest BCUT2D eigenvalue weighted by Crippen LogP contribution is -2.15. The molecule has 0 saturated heterocycles. The Hall–Kier alpha value is -1.27. The number of rotatable bonds is 0. The van der Waals surface area contributed by atoms with Gasteiger partial charge in [-0.25, -0.2) is 4.39 Å². The predicted octanol–water partition coefficient (Wildman–Crippen LogP) is 5.20. The Labute approximate surface area is 99.4 Å². The maximum atomic E-state index is 12.7. The van der Waals surface area contributed by atoms with Crippen molar-refractivity contribution in [2.24, 2.45) is 0 Å². The van der Waals surface area contributed by atoms with Crippen LogP contribution in [-0.2, 0) is 12.4 Å². The molecule has 0 unspecified atom stereocenters. The minimum Gasteiger partial charge on any atom is -0.207 e. The summed E-state index contributed by atoms with van der Waals surface area (Å²) in [6, 6.07) is 0.0924. The summed E-state index contributed by atoms with van der Waals surface area (Å²) in [6.45, 7) is 4.66. The maximum Gasteiger partial charge on any atom is 0.416 e. The van der Waals surface area contributed by atoms with Crippen LogP contribution in [0.5, 0.6) is 0 Å². The first kappa shape index (κ1) is 16.7. The third-order valence-electron chi connectivity index (χ3n) is 1.98. The second kappa shape index (κ2) is 5.58. The predicted molar refractivity (Wildman–Crippen MR) is 52.5 cm³/mol. The van der Waals surface area contributed by atoms with Crippen molar-refractivity contribution in [3.05, 3.63) is 34.6 Å². The Morgan fingerprint density at radius 1 is 0.778 bits per heavy atom.